The Morgan fingerprint density at radius 2 is 2.15 bits per heavy atom. The van der Waals surface area contributed by atoms with Crippen LogP contribution < -0.4 is 5.32 Å². The van der Waals surface area contributed by atoms with E-state index in [0.29, 0.717) is 36.6 Å². The van der Waals surface area contributed by atoms with Gasteiger partial charge < -0.3 is 14.6 Å². The standard InChI is InChI=1S/C14H19N3O3/c1-2-13(18)17(10-5-6-10)7-12-16-11(8-20-12)14(19)15-9-3-4-9/h8-10H,2-7H2,1H3,(H,15,19). The number of hydrogen-bond acceptors (Lipinski definition) is 4. The van der Waals surface area contributed by atoms with Gasteiger partial charge in [-0.25, -0.2) is 4.98 Å². The quantitative estimate of drug-likeness (QED) is 0.854. The van der Waals surface area contributed by atoms with Crippen LogP contribution in [0, 0.1) is 0 Å². The summed E-state index contributed by atoms with van der Waals surface area (Å²) in [6.45, 7) is 2.20. The van der Waals surface area contributed by atoms with Crippen molar-refractivity contribution in [2.75, 3.05) is 0 Å². The van der Waals surface area contributed by atoms with E-state index in [1.807, 2.05) is 6.92 Å². The average Bonchev–Trinajstić information content (AvgIpc) is 3.36. The molecular formula is C14H19N3O3. The number of carbonyl (C=O) groups excluding carboxylic acids is 2. The average molecular weight is 277 g/mol. The van der Waals surface area contributed by atoms with Crippen LogP contribution in [0.3, 0.4) is 0 Å². The first-order valence-corrected chi connectivity index (χ1v) is 7.22. The van der Waals surface area contributed by atoms with Gasteiger partial charge in [0, 0.05) is 18.5 Å². The van der Waals surface area contributed by atoms with Crippen molar-refractivity contribution in [3.05, 3.63) is 17.8 Å². The highest BCUT2D eigenvalue weighted by molar-refractivity contribution is 5.92. The van der Waals surface area contributed by atoms with Crippen molar-refractivity contribution < 1.29 is 14.0 Å². The third-order valence-electron chi connectivity index (χ3n) is 3.61. The lowest BCUT2D eigenvalue weighted by Crippen LogP contribution is -2.32. The molecule has 2 aliphatic carbocycles. The van der Waals surface area contributed by atoms with E-state index in [4.69, 9.17) is 4.42 Å². The molecule has 3 rings (SSSR count). The molecule has 0 spiro atoms. The van der Waals surface area contributed by atoms with Gasteiger partial charge in [-0.2, -0.15) is 0 Å². The minimum atomic E-state index is -0.192. The number of amides is 2. The zero-order chi connectivity index (χ0) is 14.1. The zero-order valence-corrected chi connectivity index (χ0v) is 11.6. The highest BCUT2D eigenvalue weighted by atomic mass is 16.3. The van der Waals surface area contributed by atoms with E-state index in [1.165, 1.54) is 6.26 Å². The van der Waals surface area contributed by atoms with Crippen molar-refractivity contribution in [1.29, 1.82) is 0 Å². The number of oxazole rings is 1. The number of nitrogens with zero attached hydrogens (tertiary/aromatic N) is 2. The van der Waals surface area contributed by atoms with Gasteiger partial charge in [0.1, 0.15) is 6.26 Å². The molecule has 0 aliphatic heterocycles. The van der Waals surface area contributed by atoms with Gasteiger partial charge in [0.2, 0.25) is 11.8 Å². The van der Waals surface area contributed by atoms with Crippen molar-refractivity contribution in [2.45, 2.75) is 57.7 Å². The van der Waals surface area contributed by atoms with Crippen LogP contribution in [0.5, 0.6) is 0 Å². The maximum absolute atomic E-state index is 11.9. The molecule has 0 atom stereocenters. The van der Waals surface area contributed by atoms with Crippen LogP contribution in [0.25, 0.3) is 0 Å². The molecule has 0 aromatic carbocycles. The minimum absolute atomic E-state index is 0.106. The Hall–Kier alpha value is -1.85. The number of aromatic nitrogens is 1. The second-order valence-corrected chi connectivity index (χ2v) is 5.48. The molecule has 2 aliphatic rings. The van der Waals surface area contributed by atoms with Crippen LogP contribution >= 0.6 is 0 Å². The third-order valence-corrected chi connectivity index (χ3v) is 3.61. The molecule has 1 heterocycles. The molecule has 1 N–H and O–H groups in total. The van der Waals surface area contributed by atoms with Crippen LogP contribution in [0.2, 0.25) is 0 Å². The van der Waals surface area contributed by atoms with Gasteiger partial charge in [0.15, 0.2) is 5.69 Å². The lowest BCUT2D eigenvalue weighted by atomic mass is 10.3. The summed E-state index contributed by atoms with van der Waals surface area (Å²) in [4.78, 5) is 29.7. The summed E-state index contributed by atoms with van der Waals surface area (Å²) in [5.74, 6) is 0.344. The molecule has 6 nitrogen and oxygen atoms in total. The molecule has 1 aromatic rings. The van der Waals surface area contributed by atoms with Gasteiger partial charge in [-0.3, -0.25) is 9.59 Å². The van der Waals surface area contributed by atoms with Gasteiger partial charge >= 0.3 is 0 Å². The molecular weight excluding hydrogens is 258 g/mol. The Morgan fingerprint density at radius 3 is 2.75 bits per heavy atom. The SMILES string of the molecule is CCC(=O)N(Cc1nc(C(=O)NC2CC2)co1)C1CC1. The first kappa shape index (κ1) is 13.1. The fraction of sp³-hybridized carbons (Fsp3) is 0.643. The lowest BCUT2D eigenvalue weighted by molar-refractivity contribution is -0.132. The Balaban J connectivity index is 1.63. The summed E-state index contributed by atoms with van der Waals surface area (Å²) in [5, 5.41) is 2.86. The van der Waals surface area contributed by atoms with Gasteiger partial charge in [-0.05, 0) is 25.7 Å². The van der Waals surface area contributed by atoms with E-state index in [1.54, 1.807) is 4.90 Å². The molecule has 1 aromatic heterocycles. The van der Waals surface area contributed by atoms with Crippen LogP contribution in [-0.4, -0.2) is 33.8 Å². The number of nitrogens with one attached hydrogen (secondary N) is 1. The van der Waals surface area contributed by atoms with Crippen molar-refractivity contribution >= 4 is 11.8 Å². The fourth-order valence-corrected chi connectivity index (χ4v) is 2.13. The van der Waals surface area contributed by atoms with E-state index < -0.39 is 0 Å². The summed E-state index contributed by atoms with van der Waals surface area (Å²) < 4.78 is 5.33. The summed E-state index contributed by atoms with van der Waals surface area (Å²) >= 11 is 0. The molecule has 2 amide bonds. The summed E-state index contributed by atoms with van der Waals surface area (Å²) in [6, 6.07) is 0.616. The van der Waals surface area contributed by atoms with Crippen LogP contribution in [0.15, 0.2) is 10.7 Å². The molecule has 2 fully saturated rings. The highest BCUT2D eigenvalue weighted by Crippen LogP contribution is 2.28. The summed E-state index contributed by atoms with van der Waals surface area (Å²) in [5.41, 5.74) is 0.298. The zero-order valence-electron chi connectivity index (χ0n) is 11.6. The van der Waals surface area contributed by atoms with Gasteiger partial charge in [0.05, 0.1) is 6.54 Å². The van der Waals surface area contributed by atoms with Gasteiger partial charge in [-0.15, -0.1) is 0 Å². The molecule has 0 saturated heterocycles. The first-order chi connectivity index (χ1) is 9.67. The first-order valence-electron chi connectivity index (χ1n) is 7.22. The largest absolute Gasteiger partial charge is 0.446 e. The highest BCUT2D eigenvalue weighted by Gasteiger charge is 2.33. The van der Waals surface area contributed by atoms with Crippen molar-refractivity contribution in [2.24, 2.45) is 0 Å². The van der Waals surface area contributed by atoms with Gasteiger partial charge in [0.25, 0.3) is 5.91 Å². The van der Waals surface area contributed by atoms with E-state index in [0.717, 1.165) is 25.7 Å². The normalized spacial score (nSPS) is 17.9. The van der Waals surface area contributed by atoms with Crippen molar-refractivity contribution in [3.63, 3.8) is 0 Å². The third kappa shape index (κ3) is 3.00. The van der Waals surface area contributed by atoms with E-state index in [2.05, 4.69) is 10.3 Å². The van der Waals surface area contributed by atoms with Crippen LogP contribution in [-0.2, 0) is 11.3 Å². The smallest absolute Gasteiger partial charge is 0.273 e. The Kier molecular flexibility index (Phi) is 3.46. The predicted octanol–water partition coefficient (Wildman–Crippen LogP) is 1.47. The molecule has 0 radical (unpaired) electrons. The van der Waals surface area contributed by atoms with Gasteiger partial charge in [-0.1, -0.05) is 6.92 Å². The van der Waals surface area contributed by atoms with E-state index >= 15 is 0 Å². The van der Waals surface area contributed by atoms with Crippen molar-refractivity contribution in [1.82, 2.24) is 15.2 Å². The minimum Gasteiger partial charge on any atom is -0.446 e. The van der Waals surface area contributed by atoms with Crippen molar-refractivity contribution in [3.8, 4) is 0 Å². The molecule has 2 saturated carbocycles. The van der Waals surface area contributed by atoms with E-state index in [-0.39, 0.29) is 11.8 Å². The number of hydrogen-bond donors (Lipinski definition) is 1. The maximum Gasteiger partial charge on any atom is 0.273 e. The van der Waals surface area contributed by atoms with Crippen LogP contribution in [0.1, 0.15) is 55.4 Å². The number of carbonyl (C=O) groups is 2. The monoisotopic (exact) mass is 277 g/mol. The molecule has 6 heteroatoms. The molecule has 108 valence electrons. The number of rotatable bonds is 6. The second-order valence-electron chi connectivity index (χ2n) is 5.48. The molecule has 20 heavy (non-hydrogen) atoms. The fourth-order valence-electron chi connectivity index (χ4n) is 2.13. The van der Waals surface area contributed by atoms with E-state index in [9.17, 15) is 9.59 Å². The summed E-state index contributed by atoms with van der Waals surface area (Å²) in [7, 11) is 0. The molecule has 0 unspecified atom stereocenters. The maximum atomic E-state index is 11.9. The van der Waals surface area contributed by atoms with Crippen LogP contribution in [0.4, 0.5) is 0 Å². The lowest BCUT2D eigenvalue weighted by Gasteiger charge is -2.19. The molecule has 0 bridgehead atoms. The Labute approximate surface area is 117 Å². The predicted molar refractivity (Wildman–Crippen MR) is 70.9 cm³/mol. The summed E-state index contributed by atoms with van der Waals surface area (Å²) in [6.07, 6.45) is 6.01. The topological polar surface area (TPSA) is 75.4 Å². The Morgan fingerprint density at radius 1 is 1.40 bits per heavy atom. The second kappa shape index (κ2) is 5.26. The Bertz CT molecular complexity index is 517.